The molecular formula is C21H23NO3S. The smallest absolute Gasteiger partial charge is 0.310 e. The molecule has 0 aliphatic rings. The standard InChI is InChI=1S/C21H23NO3S/c1-14-18(12-21(23)25-3)19-11-16(24-2)7-10-20(19)22(14)13-15-5-8-17(26-4)9-6-15/h5-11H,12-13H2,1-4H3. The van der Waals surface area contributed by atoms with Crippen molar-refractivity contribution in [2.24, 2.45) is 0 Å². The highest BCUT2D eigenvalue weighted by molar-refractivity contribution is 7.98. The third kappa shape index (κ3) is 3.58. The number of esters is 1. The van der Waals surface area contributed by atoms with Crippen molar-refractivity contribution in [3.8, 4) is 5.75 Å². The minimum Gasteiger partial charge on any atom is -0.497 e. The fourth-order valence-corrected chi connectivity index (χ4v) is 3.62. The van der Waals surface area contributed by atoms with Crippen LogP contribution in [0.25, 0.3) is 10.9 Å². The zero-order chi connectivity index (χ0) is 18.7. The molecule has 26 heavy (non-hydrogen) atoms. The van der Waals surface area contributed by atoms with Crippen LogP contribution in [0, 0.1) is 6.92 Å². The fourth-order valence-electron chi connectivity index (χ4n) is 3.21. The van der Waals surface area contributed by atoms with Gasteiger partial charge < -0.3 is 14.0 Å². The quantitative estimate of drug-likeness (QED) is 0.476. The lowest BCUT2D eigenvalue weighted by Gasteiger charge is -2.10. The zero-order valence-corrected chi connectivity index (χ0v) is 16.4. The van der Waals surface area contributed by atoms with E-state index in [0.29, 0.717) is 0 Å². The van der Waals surface area contributed by atoms with E-state index in [2.05, 4.69) is 48.1 Å². The Morgan fingerprint density at radius 1 is 1.12 bits per heavy atom. The van der Waals surface area contributed by atoms with E-state index in [1.165, 1.54) is 17.6 Å². The van der Waals surface area contributed by atoms with E-state index >= 15 is 0 Å². The monoisotopic (exact) mass is 369 g/mol. The number of thioether (sulfide) groups is 1. The Morgan fingerprint density at radius 2 is 1.85 bits per heavy atom. The van der Waals surface area contributed by atoms with Gasteiger partial charge in [-0.05, 0) is 54.6 Å². The summed E-state index contributed by atoms with van der Waals surface area (Å²) in [5, 5.41) is 1.04. The molecule has 0 bridgehead atoms. The number of carbonyl (C=O) groups is 1. The Labute approximate surface area is 158 Å². The number of hydrogen-bond donors (Lipinski definition) is 0. The summed E-state index contributed by atoms with van der Waals surface area (Å²) in [5.74, 6) is 0.546. The SMILES string of the molecule is COC(=O)Cc1c(C)n(Cc2ccc(SC)cc2)c2ccc(OC)cc12. The average molecular weight is 369 g/mol. The molecule has 0 aliphatic heterocycles. The number of ether oxygens (including phenoxy) is 2. The van der Waals surface area contributed by atoms with Crippen LogP contribution in [0.15, 0.2) is 47.4 Å². The molecule has 1 heterocycles. The van der Waals surface area contributed by atoms with Crippen molar-refractivity contribution in [2.45, 2.75) is 24.8 Å². The first-order valence-electron chi connectivity index (χ1n) is 8.42. The number of rotatable bonds is 6. The van der Waals surface area contributed by atoms with Gasteiger partial charge in [0, 0.05) is 28.0 Å². The highest BCUT2D eigenvalue weighted by Gasteiger charge is 2.18. The van der Waals surface area contributed by atoms with Crippen molar-refractivity contribution in [1.29, 1.82) is 0 Å². The highest BCUT2D eigenvalue weighted by Crippen LogP contribution is 2.31. The van der Waals surface area contributed by atoms with Crippen LogP contribution in [-0.2, 0) is 22.5 Å². The van der Waals surface area contributed by atoms with Gasteiger partial charge in [-0.25, -0.2) is 0 Å². The zero-order valence-electron chi connectivity index (χ0n) is 15.5. The number of benzene rings is 2. The van der Waals surface area contributed by atoms with Gasteiger partial charge in [-0.15, -0.1) is 11.8 Å². The van der Waals surface area contributed by atoms with Crippen molar-refractivity contribution < 1.29 is 14.3 Å². The van der Waals surface area contributed by atoms with Crippen LogP contribution in [0.4, 0.5) is 0 Å². The van der Waals surface area contributed by atoms with Gasteiger partial charge in [-0.1, -0.05) is 12.1 Å². The molecule has 3 rings (SSSR count). The van der Waals surface area contributed by atoms with Crippen LogP contribution in [0.5, 0.6) is 5.75 Å². The van der Waals surface area contributed by atoms with Crippen molar-refractivity contribution in [1.82, 2.24) is 4.57 Å². The number of aromatic nitrogens is 1. The Kier molecular flexibility index (Phi) is 5.57. The molecule has 0 saturated carbocycles. The number of carbonyl (C=O) groups excluding carboxylic acids is 1. The average Bonchev–Trinajstić information content (AvgIpc) is 2.93. The first-order valence-corrected chi connectivity index (χ1v) is 9.65. The Balaban J connectivity index is 2.08. The van der Waals surface area contributed by atoms with E-state index in [-0.39, 0.29) is 12.4 Å². The molecule has 0 aliphatic carbocycles. The second-order valence-corrected chi connectivity index (χ2v) is 7.01. The molecule has 3 aromatic rings. The predicted octanol–water partition coefficient (Wildman–Crippen LogP) is 4.44. The first-order chi connectivity index (χ1) is 12.6. The summed E-state index contributed by atoms with van der Waals surface area (Å²) in [6.45, 7) is 2.81. The Bertz CT molecular complexity index is 929. The lowest BCUT2D eigenvalue weighted by Crippen LogP contribution is -2.07. The van der Waals surface area contributed by atoms with Crippen molar-refractivity contribution in [2.75, 3.05) is 20.5 Å². The minimum absolute atomic E-state index is 0.237. The van der Waals surface area contributed by atoms with Gasteiger partial charge >= 0.3 is 5.97 Å². The van der Waals surface area contributed by atoms with Crippen LogP contribution < -0.4 is 4.74 Å². The van der Waals surface area contributed by atoms with Crippen LogP contribution in [0.2, 0.25) is 0 Å². The molecule has 0 spiro atoms. The molecule has 5 heteroatoms. The molecule has 0 unspecified atom stereocenters. The Morgan fingerprint density at radius 3 is 2.46 bits per heavy atom. The first kappa shape index (κ1) is 18.4. The summed E-state index contributed by atoms with van der Waals surface area (Å²) >= 11 is 1.73. The van der Waals surface area contributed by atoms with Crippen LogP contribution in [0.1, 0.15) is 16.8 Å². The lowest BCUT2D eigenvalue weighted by atomic mass is 10.1. The number of hydrogen-bond acceptors (Lipinski definition) is 4. The highest BCUT2D eigenvalue weighted by atomic mass is 32.2. The van der Waals surface area contributed by atoms with Crippen LogP contribution >= 0.6 is 11.8 Å². The maximum atomic E-state index is 11.9. The molecule has 1 aromatic heterocycles. The van der Waals surface area contributed by atoms with Gasteiger partial charge in [0.15, 0.2) is 0 Å². The van der Waals surface area contributed by atoms with Crippen molar-refractivity contribution >= 4 is 28.6 Å². The van der Waals surface area contributed by atoms with E-state index in [4.69, 9.17) is 9.47 Å². The maximum absolute atomic E-state index is 11.9. The summed E-state index contributed by atoms with van der Waals surface area (Å²) in [6, 6.07) is 14.6. The fraction of sp³-hybridized carbons (Fsp3) is 0.286. The molecule has 2 aromatic carbocycles. The molecule has 0 radical (unpaired) electrons. The normalized spacial score (nSPS) is 10.9. The minimum atomic E-state index is -0.237. The third-order valence-corrected chi connectivity index (χ3v) is 5.45. The van der Waals surface area contributed by atoms with Gasteiger partial charge in [-0.3, -0.25) is 4.79 Å². The van der Waals surface area contributed by atoms with Crippen LogP contribution in [0.3, 0.4) is 0 Å². The van der Waals surface area contributed by atoms with E-state index in [0.717, 1.165) is 34.5 Å². The lowest BCUT2D eigenvalue weighted by molar-refractivity contribution is -0.139. The van der Waals surface area contributed by atoms with Gasteiger partial charge in [-0.2, -0.15) is 0 Å². The predicted molar refractivity (Wildman–Crippen MR) is 106 cm³/mol. The molecule has 0 fully saturated rings. The molecule has 0 saturated heterocycles. The molecule has 0 atom stereocenters. The van der Waals surface area contributed by atoms with Crippen molar-refractivity contribution in [3.63, 3.8) is 0 Å². The summed E-state index contributed by atoms with van der Waals surface area (Å²) in [4.78, 5) is 13.2. The van der Waals surface area contributed by atoms with E-state index in [1.807, 2.05) is 12.1 Å². The Hall–Kier alpha value is -2.40. The number of fused-ring (bicyclic) bond motifs is 1. The largest absolute Gasteiger partial charge is 0.497 e. The summed E-state index contributed by atoms with van der Waals surface area (Å²) < 4.78 is 12.5. The summed E-state index contributed by atoms with van der Waals surface area (Å²) in [7, 11) is 3.07. The molecule has 136 valence electrons. The van der Waals surface area contributed by atoms with E-state index in [1.54, 1.807) is 18.9 Å². The number of nitrogens with zero attached hydrogens (tertiary/aromatic N) is 1. The topological polar surface area (TPSA) is 40.5 Å². The van der Waals surface area contributed by atoms with E-state index in [9.17, 15) is 4.79 Å². The third-order valence-electron chi connectivity index (χ3n) is 4.71. The van der Waals surface area contributed by atoms with Gasteiger partial charge in [0.1, 0.15) is 5.75 Å². The molecule has 0 amide bonds. The summed E-state index contributed by atoms with van der Waals surface area (Å²) in [6.07, 6.45) is 2.33. The maximum Gasteiger partial charge on any atom is 0.310 e. The van der Waals surface area contributed by atoms with Gasteiger partial charge in [0.05, 0.1) is 20.6 Å². The molecule has 4 nitrogen and oxygen atoms in total. The van der Waals surface area contributed by atoms with Gasteiger partial charge in [0.25, 0.3) is 0 Å². The second-order valence-electron chi connectivity index (χ2n) is 6.13. The summed E-state index contributed by atoms with van der Waals surface area (Å²) in [5.41, 5.74) is 4.39. The number of methoxy groups -OCH3 is 2. The molecular weight excluding hydrogens is 346 g/mol. The van der Waals surface area contributed by atoms with Crippen molar-refractivity contribution in [3.05, 3.63) is 59.3 Å². The van der Waals surface area contributed by atoms with Gasteiger partial charge in [0.2, 0.25) is 0 Å². The molecule has 0 N–H and O–H groups in total. The van der Waals surface area contributed by atoms with Crippen LogP contribution in [-0.4, -0.2) is 31.0 Å². The second kappa shape index (κ2) is 7.87. The van der Waals surface area contributed by atoms with E-state index < -0.39 is 0 Å².